The van der Waals surface area contributed by atoms with Crippen LogP contribution in [0.25, 0.3) is 0 Å². The average Bonchev–Trinajstić information content (AvgIpc) is 1.91. The lowest BCUT2D eigenvalue weighted by Crippen LogP contribution is -2.22. The summed E-state index contributed by atoms with van der Waals surface area (Å²) in [5.74, 6) is 0. The van der Waals surface area contributed by atoms with Crippen molar-refractivity contribution in [1.82, 2.24) is 0 Å². The maximum Gasteiger partial charge on any atom is 0.320 e. The van der Waals surface area contributed by atoms with Gasteiger partial charge in [-0.25, -0.2) is 0 Å². The topological polar surface area (TPSA) is 12.0 Å². The molecule has 0 saturated carbocycles. The smallest absolute Gasteiger partial charge is 0.320 e. The largest absolute Gasteiger partial charge is 0.327 e. The van der Waals surface area contributed by atoms with Gasteiger partial charge in [-0.15, -0.1) is 0 Å². The molecule has 3 heteroatoms. The third kappa shape index (κ3) is 2.86. The fraction of sp³-hybridized carbons (Fsp3) is 0.333. The van der Waals surface area contributed by atoms with E-state index in [-0.39, 0.29) is 0 Å². The van der Waals surface area contributed by atoms with Gasteiger partial charge in [-0.3, -0.25) is 0 Å². The first-order chi connectivity index (χ1) is 5.47. The lowest BCUT2D eigenvalue weighted by Gasteiger charge is -2.13. The number of benzene rings is 1. The van der Waals surface area contributed by atoms with Gasteiger partial charge in [0.05, 0.1) is 0 Å². The van der Waals surface area contributed by atoms with E-state index in [1.807, 2.05) is 6.92 Å². The van der Waals surface area contributed by atoms with E-state index >= 15 is 0 Å². The van der Waals surface area contributed by atoms with Crippen LogP contribution < -0.4 is 5.32 Å². The van der Waals surface area contributed by atoms with Crippen molar-refractivity contribution in [2.45, 2.75) is 19.9 Å². The Morgan fingerprint density at radius 3 is 2.08 bits per heavy atom. The highest BCUT2D eigenvalue weighted by atomic mass is 19.3. The Balaban J connectivity index is 2.71. The molecule has 12 heavy (non-hydrogen) atoms. The Labute approximate surface area is 70.4 Å². The highest BCUT2D eigenvalue weighted by Crippen LogP contribution is 2.17. The normalized spacial score (nSPS) is 11.3. The molecule has 0 heterocycles. The quantitative estimate of drug-likeness (QED) is 0.674. The second kappa shape index (κ2) is 3.09. The van der Waals surface area contributed by atoms with E-state index in [0.717, 1.165) is 12.5 Å². The van der Waals surface area contributed by atoms with Gasteiger partial charge in [0.25, 0.3) is 0 Å². The van der Waals surface area contributed by atoms with Crippen molar-refractivity contribution in [2.24, 2.45) is 0 Å². The fourth-order valence-corrected chi connectivity index (χ4v) is 0.890. The van der Waals surface area contributed by atoms with E-state index < -0.39 is 6.05 Å². The summed E-state index contributed by atoms with van der Waals surface area (Å²) in [7, 11) is 0. The minimum Gasteiger partial charge on any atom is -0.327 e. The van der Waals surface area contributed by atoms with Gasteiger partial charge in [-0.1, -0.05) is 17.7 Å². The predicted octanol–water partition coefficient (Wildman–Crippen LogP) is 3.02. The molecule has 1 aromatic rings. The molecule has 0 fully saturated rings. The zero-order valence-corrected chi connectivity index (χ0v) is 7.07. The van der Waals surface area contributed by atoms with Crippen LogP contribution in [0.3, 0.4) is 0 Å². The summed E-state index contributed by atoms with van der Waals surface area (Å²) >= 11 is 0. The van der Waals surface area contributed by atoms with E-state index in [9.17, 15) is 8.78 Å². The Hall–Kier alpha value is -1.12. The molecule has 0 atom stereocenters. The number of alkyl halides is 2. The molecule has 0 spiro atoms. The van der Waals surface area contributed by atoms with E-state index in [1.54, 1.807) is 24.3 Å². The number of anilines is 1. The van der Waals surface area contributed by atoms with Crippen LogP contribution in [0.1, 0.15) is 12.5 Å². The summed E-state index contributed by atoms with van der Waals surface area (Å²) in [6, 6.07) is 3.98. The van der Waals surface area contributed by atoms with Crippen LogP contribution in [-0.4, -0.2) is 6.05 Å². The van der Waals surface area contributed by atoms with E-state index in [2.05, 4.69) is 5.32 Å². The zero-order chi connectivity index (χ0) is 9.19. The Morgan fingerprint density at radius 1 is 1.17 bits per heavy atom. The molecular weight excluding hydrogens is 160 g/mol. The minimum atomic E-state index is -2.85. The number of rotatable bonds is 2. The maximum absolute atomic E-state index is 12.4. The number of hydrogen-bond donors (Lipinski definition) is 1. The second-order valence-corrected chi connectivity index (χ2v) is 2.88. The molecule has 0 bridgehead atoms. The summed E-state index contributed by atoms with van der Waals surface area (Å²) in [5, 5.41) is 2.08. The first-order valence-corrected chi connectivity index (χ1v) is 3.70. The van der Waals surface area contributed by atoms with Gasteiger partial charge in [0.1, 0.15) is 0 Å². The monoisotopic (exact) mass is 171 g/mol. The predicted molar refractivity (Wildman–Crippen MR) is 45.4 cm³/mol. The number of nitrogens with one attached hydrogen (secondary N) is 1. The van der Waals surface area contributed by atoms with Crippen molar-refractivity contribution in [3.05, 3.63) is 29.8 Å². The number of hydrogen-bond acceptors (Lipinski definition) is 1. The Morgan fingerprint density at radius 2 is 1.67 bits per heavy atom. The van der Waals surface area contributed by atoms with Gasteiger partial charge in [-0.2, -0.15) is 8.78 Å². The molecule has 66 valence electrons. The number of halogens is 2. The molecule has 0 radical (unpaired) electrons. The fourth-order valence-electron chi connectivity index (χ4n) is 0.890. The molecule has 0 aromatic heterocycles. The van der Waals surface area contributed by atoms with Gasteiger partial charge < -0.3 is 5.32 Å². The van der Waals surface area contributed by atoms with Crippen molar-refractivity contribution >= 4 is 5.69 Å². The molecule has 1 N–H and O–H groups in total. The summed E-state index contributed by atoms with van der Waals surface area (Å²) in [5.41, 5.74) is 1.49. The first kappa shape index (κ1) is 8.97. The Kier molecular flexibility index (Phi) is 2.31. The van der Waals surface area contributed by atoms with Gasteiger partial charge >= 0.3 is 6.05 Å². The van der Waals surface area contributed by atoms with Crippen LogP contribution in [0, 0.1) is 6.92 Å². The SMILES string of the molecule is Cc1ccc(NC(C)(F)F)cc1. The Bertz CT molecular complexity index is 248. The third-order valence-corrected chi connectivity index (χ3v) is 1.42. The van der Waals surface area contributed by atoms with Crippen molar-refractivity contribution in [1.29, 1.82) is 0 Å². The minimum absolute atomic E-state index is 0.438. The van der Waals surface area contributed by atoms with Crippen LogP contribution in [0.5, 0.6) is 0 Å². The lowest BCUT2D eigenvalue weighted by atomic mass is 10.2. The highest BCUT2D eigenvalue weighted by molar-refractivity contribution is 5.45. The molecule has 1 rings (SSSR count). The summed E-state index contributed by atoms with van der Waals surface area (Å²) < 4.78 is 24.8. The number of aryl methyl sites for hydroxylation is 1. The second-order valence-electron chi connectivity index (χ2n) is 2.88. The van der Waals surface area contributed by atoms with E-state index in [0.29, 0.717) is 5.69 Å². The molecule has 0 aliphatic carbocycles. The van der Waals surface area contributed by atoms with Crippen LogP contribution in [0.4, 0.5) is 14.5 Å². The molecule has 1 aromatic carbocycles. The van der Waals surface area contributed by atoms with Gasteiger partial charge in [0.15, 0.2) is 0 Å². The van der Waals surface area contributed by atoms with Gasteiger partial charge in [0, 0.05) is 12.6 Å². The first-order valence-electron chi connectivity index (χ1n) is 3.70. The van der Waals surface area contributed by atoms with E-state index in [4.69, 9.17) is 0 Å². The molecule has 0 unspecified atom stereocenters. The van der Waals surface area contributed by atoms with Crippen molar-refractivity contribution in [3.63, 3.8) is 0 Å². The van der Waals surface area contributed by atoms with Gasteiger partial charge in [0.2, 0.25) is 0 Å². The van der Waals surface area contributed by atoms with Gasteiger partial charge in [-0.05, 0) is 19.1 Å². The van der Waals surface area contributed by atoms with Crippen molar-refractivity contribution in [2.75, 3.05) is 5.32 Å². The molecule has 0 aliphatic heterocycles. The standard InChI is InChI=1S/C9H11F2N/c1-7-3-5-8(6-4-7)12-9(2,10)11/h3-6,12H,1-2H3. The van der Waals surface area contributed by atoms with Crippen LogP contribution in [0.15, 0.2) is 24.3 Å². The summed E-state index contributed by atoms with van der Waals surface area (Å²) in [6.45, 7) is 2.74. The zero-order valence-electron chi connectivity index (χ0n) is 7.07. The highest BCUT2D eigenvalue weighted by Gasteiger charge is 2.19. The molecular formula is C9H11F2N. The van der Waals surface area contributed by atoms with Crippen molar-refractivity contribution < 1.29 is 8.78 Å². The van der Waals surface area contributed by atoms with Crippen LogP contribution in [-0.2, 0) is 0 Å². The lowest BCUT2D eigenvalue weighted by molar-refractivity contribution is 0.0543. The van der Waals surface area contributed by atoms with Crippen LogP contribution in [0.2, 0.25) is 0 Å². The van der Waals surface area contributed by atoms with Crippen LogP contribution >= 0.6 is 0 Å². The average molecular weight is 171 g/mol. The third-order valence-electron chi connectivity index (χ3n) is 1.42. The van der Waals surface area contributed by atoms with E-state index in [1.165, 1.54) is 0 Å². The van der Waals surface area contributed by atoms with Crippen molar-refractivity contribution in [3.8, 4) is 0 Å². The molecule has 0 saturated heterocycles. The molecule has 0 amide bonds. The summed E-state index contributed by atoms with van der Waals surface area (Å²) in [4.78, 5) is 0. The maximum atomic E-state index is 12.4. The molecule has 1 nitrogen and oxygen atoms in total. The summed E-state index contributed by atoms with van der Waals surface area (Å²) in [6.07, 6.45) is 0. The molecule has 0 aliphatic rings.